The summed E-state index contributed by atoms with van der Waals surface area (Å²) < 4.78 is 18.4. The number of esters is 1. The number of rotatable bonds is 9. The van der Waals surface area contributed by atoms with Gasteiger partial charge in [-0.1, -0.05) is 60.6 Å². The van der Waals surface area contributed by atoms with E-state index in [1.54, 1.807) is 0 Å². The fourth-order valence-electron chi connectivity index (χ4n) is 14.2. The SMILES string of the molecule is C=C(C)C1CC[C@]2(CCN3CCS(=O)CC3)CC[C@]3(C)[C@H](CCC4[C@@]5(C)CCC(OC(=O)CC(C)(C)CC(=O)O)C(C)(C)C5CC[C@]43C)C12. The number of carboxylic acid groups (broad SMARTS) is 1. The Kier molecular flexibility index (Phi) is 9.98. The molecule has 1 N–H and O–H groups in total. The van der Waals surface area contributed by atoms with E-state index in [-0.39, 0.29) is 41.2 Å². The van der Waals surface area contributed by atoms with Gasteiger partial charge in [-0.2, -0.15) is 0 Å². The normalized spacial score (nSPS) is 43.8. The van der Waals surface area contributed by atoms with Gasteiger partial charge in [-0.05, 0) is 141 Å². The molecule has 0 bridgehead atoms. The highest BCUT2D eigenvalue weighted by Gasteiger charge is 2.71. The minimum atomic E-state index is -0.871. The van der Waals surface area contributed by atoms with E-state index in [4.69, 9.17) is 4.74 Å². The van der Waals surface area contributed by atoms with Crippen molar-refractivity contribution in [3.63, 3.8) is 0 Å². The van der Waals surface area contributed by atoms with Crippen molar-refractivity contribution in [2.75, 3.05) is 31.1 Å². The van der Waals surface area contributed by atoms with E-state index in [9.17, 15) is 18.9 Å². The van der Waals surface area contributed by atoms with Crippen LogP contribution >= 0.6 is 0 Å². The Labute approximate surface area is 300 Å². The monoisotopic (exact) mass is 699 g/mol. The van der Waals surface area contributed by atoms with Gasteiger partial charge in [0.05, 0.1) is 12.8 Å². The smallest absolute Gasteiger partial charge is 0.306 e. The van der Waals surface area contributed by atoms with Gasteiger partial charge in [0, 0.05) is 40.8 Å². The van der Waals surface area contributed by atoms with Crippen molar-refractivity contribution in [3.05, 3.63) is 12.2 Å². The molecule has 0 spiro atoms. The van der Waals surface area contributed by atoms with E-state index in [0.29, 0.717) is 28.6 Å². The summed E-state index contributed by atoms with van der Waals surface area (Å²) >= 11 is 0. The predicted molar refractivity (Wildman–Crippen MR) is 198 cm³/mol. The Morgan fingerprint density at radius 2 is 1.57 bits per heavy atom. The summed E-state index contributed by atoms with van der Waals surface area (Å²) in [5, 5.41) is 9.34. The first kappa shape index (κ1) is 37.5. The summed E-state index contributed by atoms with van der Waals surface area (Å²) in [4.78, 5) is 27.2. The molecule has 1 saturated heterocycles. The molecule has 7 heteroatoms. The van der Waals surface area contributed by atoms with Gasteiger partial charge in [-0.15, -0.1) is 0 Å². The minimum absolute atomic E-state index is 0.0341. The van der Waals surface area contributed by atoms with Crippen LogP contribution in [0.25, 0.3) is 0 Å². The lowest BCUT2D eigenvalue weighted by Gasteiger charge is -2.73. The Bertz CT molecular complexity index is 1330. The number of allylic oxidation sites excluding steroid dienone is 1. The van der Waals surface area contributed by atoms with Crippen molar-refractivity contribution in [2.45, 2.75) is 145 Å². The third-order valence-electron chi connectivity index (χ3n) is 16.9. The maximum absolute atomic E-state index is 13.2. The first-order valence-corrected chi connectivity index (χ1v) is 21.4. The summed E-state index contributed by atoms with van der Waals surface area (Å²) in [6, 6.07) is 0. The lowest BCUT2D eigenvalue weighted by atomic mass is 9.32. The van der Waals surface area contributed by atoms with Gasteiger partial charge < -0.3 is 14.7 Å². The number of aliphatic carboxylic acids is 1. The van der Waals surface area contributed by atoms with Gasteiger partial charge in [0.2, 0.25) is 0 Å². The molecular formula is C42H69NO5S. The van der Waals surface area contributed by atoms with Gasteiger partial charge in [-0.25, -0.2) is 0 Å². The molecule has 6 fully saturated rings. The van der Waals surface area contributed by atoms with E-state index in [0.717, 1.165) is 55.8 Å². The van der Waals surface area contributed by atoms with Gasteiger partial charge >= 0.3 is 11.9 Å². The zero-order valence-electron chi connectivity index (χ0n) is 32.3. The lowest BCUT2D eigenvalue weighted by molar-refractivity contribution is -0.250. The van der Waals surface area contributed by atoms with Crippen molar-refractivity contribution in [1.82, 2.24) is 4.90 Å². The second-order valence-electron chi connectivity index (χ2n) is 20.2. The summed E-state index contributed by atoms with van der Waals surface area (Å²) in [6.07, 6.45) is 13.7. The van der Waals surface area contributed by atoms with Crippen LogP contribution in [0.1, 0.15) is 139 Å². The van der Waals surface area contributed by atoms with Crippen LogP contribution in [0.4, 0.5) is 0 Å². The molecule has 0 aromatic rings. The molecule has 49 heavy (non-hydrogen) atoms. The van der Waals surface area contributed by atoms with Crippen molar-refractivity contribution in [2.24, 2.45) is 62.1 Å². The number of hydrogen-bond acceptors (Lipinski definition) is 5. The van der Waals surface area contributed by atoms with Crippen LogP contribution in [0.5, 0.6) is 0 Å². The molecule has 6 nitrogen and oxygen atoms in total. The summed E-state index contributed by atoms with van der Waals surface area (Å²) in [5.74, 6) is 3.82. The summed E-state index contributed by atoms with van der Waals surface area (Å²) in [5.41, 5.74) is 1.88. The fraction of sp³-hybridized carbons (Fsp3) is 0.905. The topological polar surface area (TPSA) is 83.9 Å². The highest BCUT2D eigenvalue weighted by Crippen LogP contribution is 2.78. The maximum atomic E-state index is 13.2. The molecule has 6 aliphatic rings. The number of carbonyl (C=O) groups excluding carboxylic acids is 1. The maximum Gasteiger partial charge on any atom is 0.306 e. The predicted octanol–water partition coefficient (Wildman–Crippen LogP) is 8.90. The number of carboxylic acids is 1. The molecule has 1 heterocycles. The zero-order chi connectivity index (χ0) is 35.8. The summed E-state index contributed by atoms with van der Waals surface area (Å²) in [6.45, 7) is 26.5. The van der Waals surface area contributed by atoms with Gasteiger partial charge in [0.15, 0.2) is 0 Å². The molecule has 1 aliphatic heterocycles. The van der Waals surface area contributed by atoms with Crippen LogP contribution in [-0.2, 0) is 25.1 Å². The highest BCUT2D eigenvalue weighted by molar-refractivity contribution is 7.85. The van der Waals surface area contributed by atoms with Crippen LogP contribution in [0.2, 0.25) is 0 Å². The second kappa shape index (κ2) is 13.0. The minimum Gasteiger partial charge on any atom is -0.481 e. The number of ether oxygens (including phenoxy) is 1. The Morgan fingerprint density at radius 1 is 0.878 bits per heavy atom. The second-order valence-corrected chi connectivity index (χ2v) is 21.9. The largest absolute Gasteiger partial charge is 0.481 e. The van der Waals surface area contributed by atoms with Crippen LogP contribution in [0, 0.1) is 62.1 Å². The molecule has 278 valence electrons. The molecule has 0 aromatic carbocycles. The van der Waals surface area contributed by atoms with Crippen LogP contribution in [0.3, 0.4) is 0 Å². The molecule has 0 amide bonds. The third kappa shape index (κ3) is 6.33. The van der Waals surface area contributed by atoms with Gasteiger partial charge in [0.1, 0.15) is 6.10 Å². The van der Waals surface area contributed by atoms with E-state index < -0.39 is 22.2 Å². The zero-order valence-corrected chi connectivity index (χ0v) is 33.2. The Morgan fingerprint density at radius 3 is 2.22 bits per heavy atom. The Hall–Kier alpha value is -1.21. The van der Waals surface area contributed by atoms with E-state index in [2.05, 4.69) is 53.0 Å². The molecule has 5 saturated carbocycles. The van der Waals surface area contributed by atoms with Crippen molar-refractivity contribution in [1.29, 1.82) is 0 Å². The van der Waals surface area contributed by atoms with Crippen LogP contribution in [0.15, 0.2) is 12.2 Å². The number of fused-ring (bicyclic) bond motifs is 7. The number of hydrogen-bond donors (Lipinski definition) is 1. The van der Waals surface area contributed by atoms with Crippen molar-refractivity contribution < 1.29 is 23.6 Å². The fourth-order valence-corrected chi connectivity index (χ4v) is 15.4. The molecule has 5 unspecified atom stereocenters. The molecule has 6 rings (SSSR count). The average Bonchev–Trinajstić information content (AvgIpc) is 3.38. The molecule has 10 atom stereocenters. The van der Waals surface area contributed by atoms with E-state index >= 15 is 0 Å². The first-order chi connectivity index (χ1) is 22.8. The van der Waals surface area contributed by atoms with Crippen LogP contribution < -0.4 is 0 Å². The summed E-state index contributed by atoms with van der Waals surface area (Å²) in [7, 11) is -0.623. The molecule has 0 radical (unpaired) electrons. The van der Waals surface area contributed by atoms with Crippen LogP contribution in [-0.4, -0.2) is 63.4 Å². The Balaban J connectivity index is 1.21. The number of carbonyl (C=O) groups is 2. The molecular weight excluding hydrogens is 631 g/mol. The average molecular weight is 700 g/mol. The van der Waals surface area contributed by atoms with E-state index in [1.165, 1.54) is 63.4 Å². The molecule has 5 aliphatic carbocycles. The molecule has 0 aromatic heterocycles. The van der Waals surface area contributed by atoms with E-state index in [1.807, 2.05) is 13.8 Å². The third-order valence-corrected chi connectivity index (χ3v) is 18.2. The first-order valence-electron chi connectivity index (χ1n) is 19.9. The lowest BCUT2D eigenvalue weighted by Crippen LogP contribution is -2.66. The highest BCUT2D eigenvalue weighted by atomic mass is 32.2. The van der Waals surface area contributed by atoms with Crippen molar-refractivity contribution in [3.8, 4) is 0 Å². The standard InChI is InChI=1S/C42H69NO5S/c1-28(2)29-12-17-42(20-21-43-22-24-49(47)25-23-43)19-18-40(8)30(36(29)42)10-11-32-39(7)15-14-33(38(5,6)31(39)13-16-41(32,40)9)48-35(46)27-37(3,4)26-34(44)45/h29-33,36H,1,10-27H2,2-9H3,(H,44,45)/t29?,30-,31?,32?,33?,36?,39+,40-,41-,42-/m1/s1. The van der Waals surface area contributed by atoms with Gasteiger partial charge in [0.25, 0.3) is 0 Å². The quantitative estimate of drug-likeness (QED) is 0.191. The van der Waals surface area contributed by atoms with Gasteiger partial charge in [-0.3, -0.25) is 13.8 Å². The van der Waals surface area contributed by atoms with Crippen molar-refractivity contribution >= 4 is 22.7 Å². The number of nitrogens with zero attached hydrogens (tertiary/aromatic N) is 1.